The van der Waals surface area contributed by atoms with Crippen LogP contribution in [0.15, 0.2) is 11.8 Å². The number of allylic oxidation sites excluding steroid dienone is 1. The van der Waals surface area contributed by atoms with Gasteiger partial charge in [-0.05, 0) is 43.6 Å². The van der Waals surface area contributed by atoms with Crippen LogP contribution in [-0.2, 0) is 4.74 Å². The second-order valence-electron chi connectivity index (χ2n) is 10.7. The Kier molecular flexibility index (Phi) is 27.4. The average molecular weight is 465 g/mol. The van der Waals surface area contributed by atoms with E-state index in [-0.39, 0.29) is 0 Å². The van der Waals surface area contributed by atoms with Gasteiger partial charge in [0.05, 0.1) is 12.9 Å². The van der Waals surface area contributed by atoms with Crippen molar-refractivity contribution in [3.8, 4) is 0 Å². The van der Waals surface area contributed by atoms with Crippen LogP contribution in [0.4, 0.5) is 0 Å². The van der Waals surface area contributed by atoms with Crippen LogP contribution in [0.5, 0.6) is 0 Å². The van der Waals surface area contributed by atoms with Gasteiger partial charge in [-0.1, -0.05) is 150 Å². The van der Waals surface area contributed by atoms with E-state index in [0.29, 0.717) is 0 Å². The highest BCUT2D eigenvalue weighted by Gasteiger charge is 2.09. The lowest BCUT2D eigenvalue weighted by Crippen LogP contribution is -2.08. The van der Waals surface area contributed by atoms with Gasteiger partial charge in [0.15, 0.2) is 0 Å². The van der Waals surface area contributed by atoms with E-state index in [1.54, 1.807) is 0 Å². The second kappa shape index (κ2) is 27.8. The van der Waals surface area contributed by atoms with Crippen molar-refractivity contribution >= 4 is 0 Å². The maximum Gasteiger partial charge on any atom is 0.0901 e. The molecule has 0 saturated heterocycles. The summed E-state index contributed by atoms with van der Waals surface area (Å²) in [5.74, 6) is 0.764. The van der Waals surface area contributed by atoms with Gasteiger partial charge in [0.2, 0.25) is 0 Å². The van der Waals surface area contributed by atoms with Gasteiger partial charge >= 0.3 is 0 Å². The lowest BCUT2D eigenvalue weighted by molar-refractivity contribution is 0.174. The van der Waals surface area contributed by atoms with Gasteiger partial charge in [-0.25, -0.2) is 0 Å². The molecule has 1 heteroatoms. The number of hydrogen-bond acceptors (Lipinski definition) is 1. The van der Waals surface area contributed by atoms with E-state index in [9.17, 15) is 0 Å². The maximum absolute atomic E-state index is 6.15. The van der Waals surface area contributed by atoms with Gasteiger partial charge in [-0.15, -0.1) is 0 Å². The molecule has 0 fully saturated rings. The summed E-state index contributed by atoms with van der Waals surface area (Å²) in [4.78, 5) is 0. The minimum atomic E-state index is 0.764. The van der Waals surface area contributed by atoms with E-state index in [0.717, 1.165) is 18.9 Å². The van der Waals surface area contributed by atoms with Crippen molar-refractivity contribution in [2.45, 2.75) is 182 Å². The van der Waals surface area contributed by atoms with Gasteiger partial charge < -0.3 is 4.74 Å². The first kappa shape index (κ1) is 32.5. The second-order valence-corrected chi connectivity index (χ2v) is 10.7. The molecule has 0 aromatic carbocycles. The predicted molar refractivity (Wildman–Crippen MR) is 151 cm³/mol. The highest BCUT2D eigenvalue weighted by atomic mass is 16.5. The first-order valence-electron chi connectivity index (χ1n) is 15.6. The highest BCUT2D eigenvalue weighted by Crippen LogP contribution is 2.21. The normalized spacial score (nSPS) is 12.9. The van der Waals surface area contributed by atoms with Gasteiger partial charge in [-0.2, -0.15) is 0 Å². The Morgan fingerprint density at radius 3 is 1.30 bits per heavy atom. The summed E-state index contributed by atoms with van der Waals surface area (Å²) in [6.07, 6.45) is 35.5. The van der Waals surface area contributed by atoms with Crippen LogP contribution in [0.1, 0.15) is 182 Å². The lowest BCUT2D eigenvalue weighted by atomic mass is 9.94. The summed E-state index contributed by atoms with van der Waals surface area (Å²) in [6, 6.07) is 0. The minimum absolute atomic E-state index is 0.764. The summed E-state index contributed by atoms with van der Waals surface area (Å²) < 4.78 is 6.15. The molecule has 1 nitrogen and oxygen atoms in total. The van der Waals surface area contributed by atoms with Gasteiger partial charge in [0.25, 0.3) is 0 Å². The Hall–Kier alpha value is -0.460. The molecule has 198 valence electrons. The number of rotatable bonds is 27. The zero-order chi connectivity index (χ0) is 24.2. The number of ether oxygens (including phenoxy) is 1. The molecule has 0 spiro atoms. The van der Waals surface area contributed by atoms with E-state index in [2.05, 4.69) is 34.0 Å². The zero-order valence-electron chi connectivity index (χ0n) is 23.7. The zero-order valence-corrected chi connectivity index (χ0v) is 23.7. The molecular weight excluding hydrogens is 400 g/mol. The quantitative estimate of drug-likeness (QED) is 0.0867. The van der Waals surface area contributed by atoms with Gasteiger partial charge in [-0.3, -0.25) is 0 Å². The van der Waals surface area contributed by atoms with Crippen molar-refractivity contribution in [3.05, 3.63) is 11.8 Å². The molecule has 0 saturated carbocycles. The first-order valence-corrected chi connectivity index (χ1v) is 15.6. The molecule has 0 N–H and O–H groups in total. The third kappa shape index (κ3) is 24.5. The van der Waals surface area contributed by atoms with E-state index in [4.69, 9.17) is 4.74 Å². The van der Waals surface area contributed by atoms with Crippen LogP contribution in [-0.4, -0.2) is 6.61 Å². The molecule has 1 atom stereocenters. The van der Waals surface area contributed by atoms with E-state index < -0.39 is 0 Å². The molecule has 0 aliphatic carbocycles. The molecule has 0 aromatic heterocycles. The fourth-order valence-corrected chi connectivity index (χ4v) is 4.82. The van der Waals surface area contributed by atoms with Crippen molar-refractivity contribution in [3.63, 3.8) is 0 Å². The van der Waals surface area contributed by atoms with Crippen molar-refractivity contribution < 1.29 is 4.74 Å². The molecule has 0 heterocycles. The lowest BCUT2D eigenvalue weighted by Gasteiger charge is -2.17. The van der Waals surface area contributed by atoms with E-state index in [1.165, 1.54) is 153 Å². The van der Waals surface area contributed by atoms with Crippen LogP contribution in [0.3, 0.4) is 0 Å². The fraction of sp³-hybridized carbons (Fsp3) is 0.938. The standard InChI is InChI=1S/C32H64O/c1-5-9-12-14-16-18-19-21-23-25-28-32(27-24-22-20-17-15-13-10-6-2)30-33-29-31(8-4)26-11-7-3/h29,32H,5-28,30H2,1-4H3/b31-29-. The topological polar surface area (TPSA) is 9.23 Å². The van der Waals surface area contributed by atoms with E-state index >= 15 is 0 Å². The molecule has 33 heavy (non-hydrogen) atoms. The fourth-order valence-electron chi connectivity index (χ4n) is 4.82. The summed E-state index contributed by atoms with van der Waals surface area (Å²) >= 11 is 0. The first-order chi connectivity index (χ1) is 16.3. The molecule has 0 radical (unpaired) electrons. The average Bonchev–Trinajstić information content (AvgIpc) is 2.83. The van der Waals surface area contributed by atoms with Gasteiger partial charge in [0.1, 0.15) is 0 Å². The molecule has 0 rings (SSSR count). The third-order valence-corrected chi connectivity index (χ3v) is 7.32. The summed E-state index contributed by atoms with van der Waals surface area (Å²) in [5, 5.41) is 0. The molecule has 0 aliphatic rings. The summed E-state index contributed by atoms with van der Waals surface area (Å²) in [6.45, 7) is 10.1. The van der Waals surface area contributed by atoms with E-state index in [1.807, 2.05) is 0 Å². The Bertz CT molecular complexity index is 386. The molecule has 0 aromatic rings. The molecule has 0 amide bonds. The number of hydrogen-bond donors (Lipinski definition) is 0. The monoisotopic (exact) mass is 464 g/mol. The number of unbranched alkanes of at least 4 members (excludes halogenated alkanes) is 17. The van der Waals surface area contributed by atoms with Crippen LogP contribution in [0.25, 0.3) is 0 Å². The van der Waals surface area contributed by atoms with Gasteiger partial charge in [0, 0.05) is 0 Å². The highest BCUT2D eigenvalue weighted by molar-refractivity contribution is 4.96. The third-order valence-electron chi connectivity index (χ3n) is 7.32. The molecular formula is C32H64O. The Morgan fingerprint density at radius 1 is 0.515 bits per heavy atom. The Balaban J connectivity index is 4.09. The van der Waals surface area contributed by atoms with Crippen LogP contribution >= 0.6 is 0 Å². The van der Waals surface area contributed by atoms with Crippen LogP contribution in [0.2, 0.25) is 0 Å². The molecule has 0 aliphatic heterocycles. The van der Waals surface area contributed by atoms with Crippen molar-refractivity contribution in [2.24, 2.45) is 5.92 Å². The SMILES string of the molecule is CCCCCCCCCCCCC(CCCCCCCCCC)CO/C=C(/CC)CCCC. The van der Waals surface area contributed by atoms with Crippen molar-refractivity contribution in [2.75, 3.05) is 6.61 Å². The van der Waals surface area contributed by atoms with Crippen molar-refractivity contribution in [1.29, 1.82) is 0 Å². The summed E-state index contributed by atoms with van der Waals surface area (Å²) in [7, 11) is 0. The maximum atomic E-state index is 6.15. The smallest absolute Gasteiger partial charge is 0.0901 e. The Labute approximate surface area is 210 Å². The predicted octanol–water partition coefficient (Wildman–Crippen LogP) is 11.9. The Morgan fingerprint density at radius 2 is 0.909 bits per heavy atom. The summed E-state index contributed by atoms with van der Waals surface area (Å²) in [5.41, 5.74) is 1.50. The van der Waals surface area contributed by atoms with Crippen LogP contribution in [0, 0.1) is 5.92 Å². The van der Waals surface area contributed by atoms with Crippen LogP contribution < -0.4 is 0 Å². The molecule has 0 bridgehead atoms. The van der Waals surface area contributed by atoms with Crippen molar-refractivity contribution in [1.82, 2.24) is 0 Å². The molecule has 1 unspecified atom stereocenters. The largest absolute Gasteiger partial charge is 0.501 e. The minimum Gasteiger partial charge on any atom is -0.501 e.